The van der Waals surface area contributed by atoms with Gasteiger partial charge in [-0.1, -0.05) is 18.2 Å². The minimum atomic E-state index is -0.333. The van der Waals surface area contributed by atoms with Crippen LogP contribution in [-0.4, -0.2) is 16.6 Å². The normalized spacial score (nSPS) is 11.4. The summed E-state index contributed by atoms with van der Waals surface area (Å²) in [5, 5.41) is 6.90. The lowest BCUT2D eigenvalue weighted by molar-refractivity contribution is 0.0950. The maximum absolute atomic E-state index is 12.2. The Hall–Kier alpha value is -1.88. The summed E-state index contributed by atoms with van der Waals surface area (Å²) in [7, 11) is 0. The van der Waals surface area contributed by atoms with Crippen LogP contribution in [0.4, 0.5) is 0 Å². The highest BCUT2D eigenvalue weighted by molar-refractivity contribution is 7.80. The van der Waals surface area contributed by atoms with Crippen LogP contribution in [0.2, 0.25) is 0 Å². The van der Waals surface area contributed by atoms with Gasteiger partial charge in [0.2, 0.25) is 0 Å². The van der Waals surface area contributed by atoms with Crippen LogP contribution in [0.3, 0.4) is 0 Å². The van der Waals surface area contributed by atoms with Gasteiger partial charge in [-0.05, 0) is 46.0 Å². The van der Waals surface area contributed by atoms with Crippen molar-refractivity contribution in [2.75, 3.05) is 0 Å². The Labute approximate surface area is 123 Å². The Bertz CT molecular complexity index is 668. The van der Waals surface area contributed by atoms with E-state index >= 15 is 0 Å². The minimum absolute atomic E-state index is 0.201. The number of furan rings is 1. The summed E-state index contributed by atoms with van der Waals surface area (Å²) in [6, 6.07) is 7.55. The summed E-state index contributed by atoms with van der Waals surface area (Å²) in [6.07, 6.45) is 0. The number of hydrogen-bond acceptors (Lipinski definition) is 3. The largest absolute Gasteiger partial charge is 0.451 e. The second-order valence-electron chi connectivity index (χ2n) is 5.71. The zero-order chi connectivity index (χ0) is 14.9. The van der Waals surface area contributed by atoms with Gasteiger partial charge in [-0.25, -0.2) is 0 Å². The molecule has 0 saturated carbocycles. The standard InChI is InChI=1S/C15H18N2O2S/c1-9-10-7-5-6-8-11(10)19-12(9)13(18)16-14(20)17-15(2,3)4/h5-8H,1-4H3,(H2,16,17,18,20). The molecular weight excluding hydrogens is 272 g/mol. The van der Waals surface area contributed by atoms with E-state index < -0.39 is 0 Å². The predicted octanol–water partition coefficient (Wildman–Crippen LogP) is 3.14. The Morgan fingerprint density at radius 1 is 1.25 bits per heavy atom. The predicted molar refractivity (Wildman–Crippen MR) is 83.9 cm³/mol. The van der Waals surface area contributed by atoms with Crippen LogP contribution in [0.15, 0.2) is 28.7 Å². The van der Waals surface area contributed by atoms with E-state index in [9.17, 15) is 4.79 Å². The molecule has 0 unspecified atom stereocenters. The number of benzene rings is 1. The highest BCUT2D eigenvalue weighted by Gasteiger charge is 2.19. The van der Waals surface area contributed by atoms with E-state index in [1.165, 1.54) is 0 Å². The number of para-hydroxylation sites is 1. The van der Waals surface area contributed by atoms with Crippen molar-refractivity contribution >= 4 is 34.2 Å². The lowest BCUT2D eigenvalue weighted by Gasteiger charge is -2.22. The van der Waals surface area contributed by atoms with Gasteiger partial charge < -0.3 is 9.73 Å². The van der Waals surface area contributed by atoms with Crippen LogP contribution in [-0.2, 0) is 0 Å². The number of fused-ring (bicyclic) bond motifs is 1. The first kappa shape index (κ1) is 14.5. The fourth-order valence-electron chi connectivity index (χ4n) is 1.92. The summed E-state index contributed by atoms with van der Waals surface area (Å²) in [5.74, 6) is -0.0373. The third-order valence-electron chi connectivity index (χ3n) is 2.77. The first-order valence-corrected chi connectivity index (χ1v) is 6.80. The molecule has 0 radical (unpaired) electrons. The smallest absolute Gasteiger partial charge is 0.293 e. The molecule has 1 aromatic heterocycles. The number of carbonyl (C=O) groups is 1. The monoisotopic (exact) mass is 290 g/mol. The maximum atomic E-state index is 12.2. The molecule has 1 amide bonds. The highest BCUT2D eigenvalue weighted by Crippen LogP contribution is 2.24. The average molecular weight is 290 g/mol. The van der Waals surface area contributed by atoms with Crippen molar-refractivity contribution in [2.24, 2.45) is 0 Å². The van der Waals surface area contributed by atoms with Crippen molar-refractivity contribution in [1.82, 2.24) is 10.6 Å². The quantitative estimate of drug-likeness (QED) is 0.792. The Morgan fingerprint density at radius 3 is 2.50 bits per heavy atom. The summed E-state index contributed by atoms with van der Waals surface area (Å²) in [5.41, 5.74) is 1.31. The molecule has 2 N–H and O–H groups in total. The van der Waals surface area contributed by atoms with E-state index in [1.807, 2.05) is 52.0 Å². The van der Waals surface area contributed by atoms with Gasteiger partial charge in [-0.2, -0.15) is 0 Å². The van der Waals surface area contributed by atoms with Crippen LogP contribution in [0.1, 0.15) is 36.9 Å². The maximum Gasteiger partial charge on any atom is 0.293 e. The minimum Gasteiger partial charge on any atom is -0.451 e. The van der Waals surface area contributed by atoms with Crippen LogP contribution in [0.5, 0.6) is 0 Å². The van der Waals surface area contributed by atoms with Gasteiger partial charge in [0.1, 0.15) is 5.58 Å². The molecule has 1 heterocycles. The van der Waals surface area contributed by atoms with Gasteiger partial charge in [-0.15, -0.1) is 0 Å². The molecule has 5 heteroatoms. The van der Waals surface area contributed by atoms with Crippen LogP contribution in [0.25, 0.3) is 11.0 Å². The average Bonchev–Trinajstić information content (AvgIpc) is 2.65. The Kier molecular flexibility index (Phi) is 3.81. The van der Waals surface area contributed by atoms with E-state index in [2.05, 4.69) is 10.6 Å². The lowest BCUT2D eigenvalue weighted by Crippen LogP contribution is -2.48. The topological polar surface area (TPSA) is 54.3 Å². The molecule has 2 rings (SSSR count). The highest BCUT2D eigenvalue weighted by atomic mass is 32.1. The second kappa shape index (κ2) is 5.25. The molecule has 0 aliphatic carbocycles. The third-order valence-corrected chi connectivity index (χ3v) is 2.97. The number of rotatable bonds is 1. The number of thiocarbonyl (C=S) groups is 1. The van der Waals surface area contributed by atoms with Crippen molar-refractivity contribution in [3.63, 3.8) is 0 Å². The zero-order valence-corrected chi connectivity index (χ0v) is 12.9. The van der Waals surface area contributed by atoms with Crippen molar-refractivity contribution in [3.05, 3.63) is 35.6 Å². The van der Waals surface area contributed by atoms with E-state index in [0.29, 0.717) is 16.5 Å². The fraction of sp³-hybridized carbons (Fsp3) is 0.333. The van der Waals surface area contributed by atoms with Gasteiger partial charge in [0.25, 0.3) is 5.91 Å². The molecule has 0 atom stereocenters. The number of carbonyl (C=O) groups excluding carboxylic acids is 1. The lowest BCUT2D eigenvalue weighted by atomic mass is 10.1. The molecule has 4 nitrogen and oxygen atoms in total. The molecule has 0 saturated heterocycles. The third kappa shape index (κ3) is 3.17. The SMILES string of the molecule is Cc1c(C(=O)NC(=S)NC(C)(C)C)oc2ccccc12. The Balaban J connectivity index is 2.20. The number of aryl methyl sites for hydroxylation is 1. The van der Waals surface area contributed by atoms with E-state index in [4.69, 9.17) is 16.6 Å². The van der Waals surface area contributed by atoms with E-state index in [1.54, 1.807) is 0 Å². The summed E-state index contributed by atoms with van der Waals surface area (Å²) >= 11 is 5.12. The van der Waals surface area contributed by atoms with Crippen LogP contribution in [0, 0.1) is 6.92 Å². The molecule has 1 aromatic carbocycles. The van der Waals surface area contributed by atoms with Crippen LogP contribution >= 0.6 is 12.2 Å². The van der Waals surface area contributed by atoms with Crippen molar-refractivity contribution in [1.29, 1.82) is 0 Å². The molecule has 0 aliphatic heterocycles. The van der Waals surface area contributed by atoms with Gasteiger partial charge in [0.15, 0.2) is 10.9 Å². The van der Waals surface area contributed by atoms with Gasteiger partial charge >= 0.3 is 0 Å². The molecule has 0 fully saturated rings. The van der Waals surface area contributed by atoms with E-state index in [0.717, 1.165) is 10.9 Å². The zero-order valence-electron chi connectivity index (χ0n) is 12.0. The first-order chi connectivity index (χ1) is 9.28. The van der Waals surface area contributed by atoms with Crippen molar-refractivity contribution in [2.45, 2.75) is 33.2 Å². The molecule has 0 aliphatic rings. The molecule has 20 heavy (non-hydrogen) atoms. The molecular formula is C15H18N2O2S. The Morgan fingerprint density at radius 2 is 1.90 bits per heavy atom. The molecule has 0 spiro atoms. The number of nitrogens with one attached hydrogen (secondary N) is 2. The van der Waals surface area contributed by atoms with Crippen LogP contribution < -0.4 is 10.6 Å². The van der Waals surface area contributed by atoms with Crippen molar-refractivity contribution < 1.29 is 9.21 Å². The first-order valence-electron chi connectivity index (χ1n) is 6.39. The van der Waals surface area contributed by atoms with Gasteiger partial charge in [0.05, 0.1) is 0 Å². The number of amides is 1. The molecule has 106 valence electrons. The summed E-state index contributed by atoms with van der Waals surface area (Å²) in [6.45, 7) is 7.77. The van der Waals surface area contributed by atoms with Crippen molar-refractivity contribution in [3.8, 4) is 0 Å². The molecule has 0 bridgehead atoms. The number of hydrogen-bond donors (Lipinski definition) is 2. The van der Waals surface area contributed by atoms with Gasteiger partial charge in [-0.3, -0.25) is 10.1 Å². The van der Waals surface area contributed by atoms with Gasteiger partial charge in [0, 0.05) is 16.5 Å². The summed E-state index contributed by atoms with van der Waals surface area (Å²) in [4.78, 5) is 12.2. The van der Waals surface area contributed by atoms with E-state index in [-0.39, 0.29) is 11.4 Å². The summed E-state index contributed by atoms with van der Waals surface area (Å²) < 4.78 is 5.59. The molecule has 2 aromatic rings. The fourth-order valence-corrected chi connectivity index (χ4v) is 2.32. The second-order valence-corrected chi connectivity index (χ2v) is 6.12.